The predicted molar refractivity (Wildman–Crippen MR) is 138 cm³/mol. The number of nitrogens with zero attached hydrogens (tertiary/aromatic N) is 3. The van der Waals surface area contributed by atoms with E-state index in [1.807, 2.05) is 81.2 Å². The third-order valence-corrected chi connectivity index (χ3v) is 6.88. The molecule has 4 aromatic rings. The van der Waals surface area contributed by atoms with E-state index in [2.05, 4.69) is 9.97 Å². The van der Waals surface area contributed by atoms with E-state index in [-0.39, 0.29) is 11.5 Å². The van der Waals surface area contributed by atoms with Gasteiger partial charge in [0, 0.05) is 26.3 Å². The Morgan fingerprint density at radius 1 is 1.14 bits per heavy atom. The standard InChI is InChI=1S/C27H29N5O3/c1-5-32-21-14-19-18(13-17(21)27(2,3)26(32)35)29-24(30-19)23-20(11-12-28-25(23)34)31(4)15-22(33)16-9-7-6-8-10-16/h6-14,22,33H,5,15H2,1-4H3,(H,28,34)(H,29,30)/t22-/m0/s1. The average molecular weight is 472 g/mol. The van der Waals surface area contributed by atoms with E-state index in [1.165, 1.54) is 0 Å². The lowest BCUT2D eigenvalue weighted by Gasteiger charge is -2.24. The minimum Gasteiger partial charge on any atom is -0.387 e. The Balaban J connectivity index is 1.56. The SMILES string of the molecule is CCN1C(=O)C(C)(C)c2cc3[nH]c(-c4c(N(C)C[C@H](O)c5ccccc5)cc[nH]c4=O)nc3cc21. The lowest BCUT2D eigenvalue weighted by molar-refractivity contribution is -0.122. The van der Waals surface area contributed by atoms with Crippen molar-refractivity contribution in [2.24, 2.45) is 0 Å². The lowest BCUT2D eigenvalue weighted by atomic mass is 9.86. The summed E-state index contributed by atoms with van der Waals surface area (Å²) in [4.78, 5) is 40.3. The fourth-order valence-corrected chi connectivity index (χ4v) is 4.92. The van der Waals surface area contributed by atoms with Gasteiger partial charge in [0.2, 0.25) is 5.91 Å². The van der Waals surface area contributed by atoms with E-state index in [0.717, 1.165) is 22.3 Å². The highest BCUT2D eigenvalue weighted by molar-refractivity contribution is 6.09. The van der Waals surface area contributed by atoms with Crippen LogP contribution < -0.4 is 15.4 Å². The van der Waals surface area contributed by atoms with Crippen molar-refractivity contribution in [2.45, 2.75) is 32.3 Å². The van der Waals surface area contributed by atoms with Crippen LogP contribution in [0.3, 0.4) is 0 Å². The number of nitrogens with one attached hydrogen (secondary N) is 2. The van der Waals surface area contributed by atoms with Crippen LogP contribution in [-0.2, 0) is 10.2 Å². The minimum atomic E-state index is -0.716. The second-order valence-electron chi connectivity index (χ2n) is 9.52. The van der Waals surface area contributed by atoms with E-state index in [4.69, 9.17) is 4.98 Å². The van der Waals surface area contributed by atoms with Crippen LogP contribution in [0, 0.1) is 0 Å². The van der Waals surface area contributed by atoms with Crippen molar-refractivity contribution in [3.63, 3.8) is 0 Å². The second-order valence-corrected chi connectivity index (χ2v) is 9.52. The number of benzene rings is 2. The first-order valence-corrected chi connectivity index (χ1v) is 11.7. The molecule has 0 aliphatic carbocycles. The Labute approximate surface area is 203 Å². The smallest absolute Gasteiger partial charge is 0.261 e. The van der Waals surface area contributed by atoms with E-state index >= 15 is 0 Å². The molecule has 1 aliphatic heterocycles. The molecule has 1 aliphatic rings. The largest absolute Gasteiger partial charge is 0.387 e. The molecule has 1 amide bonds. The number of H-pyrrole nitrogens is 2. The maximum atomic E-state index is 13.0. The van der Waals surface area contributed by atoms with Gasteiger partial charge in [-0.2, -0.15) is 0 Å². The van der Waals surface area contributed by atoms with E-state index < -0.39 is 11.5 Å². The average Bonchev–Trinajstić information content (AvgIpc) is 3.33. The molecule has 0 radical (unpaired) electrons. The molecule has 180 valence electrons. The summed E-state index contributed by atoms with van der Waals surface area (Å²) in [6.45, 7) is 6.70. The van der Waals surface area contributed by atoms with E-state index in [0.29, 0.717) is 35.7 Å². The summed E-state index contributed by atoms with van der Waals surface area (Å²) in [5.74, 6) is 0.511. The van der Waals surface area contributed by atoms with E-state index in [1.54, 1.807) is 11.1 Å². The number of anilines is 2. The highest BCUT2D eigenvalue weighted by Gasteiger charge is 2.43. The number of aromatic nitrogens is 3. The second kappa shape index (κ2) is 8.39. The maximum Gasteiger partial charge on any atom is 0.261 e. The van der Waals surface area contributed by atoms with Crippen LogP contribution in [0.1, 0.15) is 38.0 Å². The molecule has 3 heterocycles. The summed E-state index contributed by atoms with van der Waals surface area (Å²) in [7, 11) is 1.84. The van der Waals surface area contributed by atoms with Crippen LogP contribution in [0.2, 0.25) is 0 Å². The number of amides is 1. The summed E-state index contributed by atoms with van der Waals surface area (Å²) in [6, 6.07) is 15.1. The molecule has 5 rings (SSSR count). The van der Waals surface area contributed by atoms with Crippen LogP contribution in [0.4, 0.5) is 11.4 Å². The molecule has 8 heteroatoms. The fraction of sp³-hybridized carbons (Fsp3) is 0.296. The quantitative estimate of drug-likeness (QED) is 0.397. The van der Waals surface area contributed by atoms with Crippen molar-refractivity contribution in [2.75, 3.05) is 29.9 Å². The Kier molecular flexibility index (Phi) is 5.48. The molecule has 2 aromatic heterocycles. The molecule has 0 fully saturated rings. The molecule has 35 heavy (non-hydrogen) atoms. The number of carbonyl (C=O) groups is 1. The van der Waals surface area contributed by atoms with Crippen molar-refractivity contribution in [1.82, 2.24) is 15.0 Å². The Bertz CT molecular complexity index is 1470. The first kappa shape index (κ1) is 22.9. The third kappa shape index (κ3) is 3.70. The summed E-state index contributed by atoms with van der Waals surface area (Å²) in [6.07, 6.45) is 0.878. The number of hydrogen-bond acceptors (Lipinski definition) is 5. The Morgan fingerprint density at radius 3 is 2.60 bits per heavy atom. The van der Waals surface area contributed by atoms with Gasteiger partial charge in [0.25, 0.3) is 5.56 Å². The molecule has 1 atom stereocenters. The molecule has 8 nitrogen and oxygen atoms in total. The molecular weight excluding hydrogens is 442 g/mol. The molecular formula is C27H29N5O3. The van der Waals surface area contributed by atoms with Gasteiger partial charge in [-0.15, -0.1) is 0 Å². The topological polar surface area (TPSA) is 105 Å². The number of fused-ring (bicyclic) bond motifs is 2. The number of carbonyl (C=O) groups excluding carboxylic acids is 1. The molecule has 0 bridgehead atoms. The normalized spacial score (nSPS) is 15.5. The molecule has 2 aromatic carbocycles. The number of hydrogen-bond donors (Lipinski definition) is 3. The number of aromatic amines is 2. The van der Waals surface area contributed by atoms with Crippen LogP contribution in [0.5, 0.6) is 0 Å². The fourth-order valence-electron chi connectivity index (χ4n) is 4.92. The summed E-state index contributed by atoms with van der Waals surface area (Å²) in [5, 5.41) is 10.7. The molecule has 3 N–H and O–H groups in total. The van der Waals surface area contributed by atoms with Gasteiger partial charge in [-0.1, -0.05) is 30.3 Å². The lowest BCUT2D eigenvalue weighted by Crippen LogP contribution is -2.35. The van der Waals surface area contributed by atoms with Gasteiger partial charge in [-0.3, -0.25) is 9.59 Å². The highest BCUT2D eigenvalue weighted by Crippen LogP contribution is 2.43. The minimum absolute atomic E-state index is 0.0725. The van der Waals surface area contributed by atoms with Gasteiger partial charge in [0.05, 0.1) is 33.9 Å². The van der Waals surface area contributed by atoms with Gasteiger partial charge in [-0.05, 0) is 50.1 Å². The number of pyridine rings is 1. The molecule has 0 spiro atoms. The summed E-state index contributed by atoms with van der Waals surface area (Å²) < 4.78 is 0. The van der Waals surface area contributed by atoms with Gasteiger partial charge in [0.15, 0.2) is 0 Å². The zero-order chi connectivity index (χ0) is 24.9. The molecule has 0 saturated carbocycles. The first-order chi connectivity index (χ1) is 16.7. The summed E-state index contributed by atoms with van der Waals surface area (Å²) >= 11 is 0. The Morgan fingerprint density at radius 2 is 1.89 bits per heavy atom. The van der Waals surface area contributed by atoms with Gasteiger partial charge >= 0.3 is 0 Å². The van der Waals surface area contributed by atoms with Gasteiger partial charge in [0.1, 0.15) is 11.4 Å². The third-order valence-electron chi connectivity index (χ3n) is 6.88. The number of imidazole rings is 1. The Hall–Kier alpha value is -3.91. The zero-order valence-corrected chi connectivity index (χ0v) is 20.3. The molecule has 0 saturated heterocycles. The van der Waals surface area contributed by atoms with Gasteiger partial charge < -0.3 is 24.9 Å². The van der Waals surface area contributed by atoms with Crippen LogP contribution in [0.25, 0.3) is 22.4 Å². The number of aliphatic hydroxyl groups excluding tert-OH is 1. The monoisotopic (exact) mass is 471 g/mol. The van der Waals surface area contributed by atoms with Crippen molar-refractivity contribution in [3.05, 3.63) is 76.2 Å². The molecule has 0 unspecified atom stereocenters. The number of aliphatic hydroxyl groups is 1. The number of rotatable bonds is 6. The van der Waals surface area contributed by atoms with Crippen LogP contribution >= 0.6 is 0 Å². The van der Waals surface area contributed by atoms with E-state index in [9.17, 15) is 14.7 Å². The zero-order valence-electron chi connectivity index (χ0n) is 20.3. The summed E-state index contributed by atoms with van der Waals surface area (Å²) in [5.41, 5.74) is 4.20. The van der Waals surface area contributed by atoms with Gasteiger partial charge in [-0.25, -0.2) is 4.98 Å². The van der Waals surface area contributed by atoms with Crippen LogP contribution in [-0.4, -0.2) is 46.1 Å². The highest BCUT2D eigenvalue weighted by atomic mass is 16.3. The van der Waals surface area contributed by atoms with Crippen molar-refractivity contribution < 1.29 is 9.90 Å². The van der Waals surface area contributed by atoms with Crippen molar-refractivity contribution in [3.8, 4) is 11.4 Å². The maximum absolute atomic E-state index is 13.0. The van der Waals surface area contributed by atoms with Crippen molar-refractivity contribution >= 4 is 28.3 Å². The first-order valence-electron chi connectivity index (χ1n) is 11.7. The van der Waals surface area contributed by atoms with Crippen LogP contribution in [0.15, 0.2) is 59.5 Å². The number of likely N-dealkylation sites (N-methyl/N-ethyl adjacent to an activating group) is 2. The van der Waals surface area contributed by atoms with Crippen molar-refractivity contribution in [1.29, 1.82) is 0 Å². The predicted octanol–water partition coefficient (Wildman–Crippen LogP) is 3.73.